The van der Waals surface area contributed by atoms with Gasteiger partial charge >= 0.3 is 0 Å². The highest BCUT2D eigenvalue weighted by molar-refractivity contribution is 7.92. The molecule has 8 heteroatoms. The first-order chi connectivity index (χ1) is 12.9. The summed E-state index contributed by atoms with van der Waals surface area (Å²) in [7, 11) is -3.79. The highest BCUT2D eigenvalue weighted by Gasteiger charge is 2.24. The average Bonchev–Trinajstić information content (AvgIpc) is 2.81. The number of rotatable bonds is 6. The number of amides is 1. The van der Waals surface area contributed by atoms with E-state index >= 15 is 0 Å². The smallest absolute Gasteiger partial charge is 0.261 e. The van der Waals surface area contributed by atoms with Crippen LogP contribution in [-0.2, 0) is 10.0 Å². The van der Waals surface area contributed by atoms with E-state index in [0.29, 0.717) is 49.1 Å². The molecular formula is C19H22N2O5S. The lowest BCUT2D eigenvalue weighted by Gasteiger charge is -2.17. The number of nitrogens with one attached hydrogen (secondary N) is 1. The van der Waals surface area contributed by atoms with Crippen LogP contribution in [0.3, 0.4) is 0 Å². The number of benzene rings is 2. The van der Waals surface area contributed by atoms with E-state index in [-0.39, 0.29) is 10.8 Å². The Morgan fingerprint density at radius 1 is 1.15 bits per heavy atom. The van der Waals surface area contributed by atoms with Gasteiger partial charge in [0.1, 0.15) is 18.1 Å². The van der Waals surface area contributed by atoms with Gasteiger partial charge in [0, 0.05) is 12.2 Å². The SMILES string of the molecule is CCOc1ccc(S(=O)(=O)Nc2ccc3c(c2)C(=O)N(CC)CCO3)cc1. The van der Waals surface area contributed by atoms with E-state index in [9.17, 15) is 13.2 Å². The minimum absolute atomic E-state index is 0.110. The summed E-state index contributed by atoms with van der Waals surface area (Å²) in [5.41, 5.74) is 0.652. The van der Waals surface area contributed by atoms with Crippen LogP contribution < -0.4 is 14.2 Å². The molecule has 1 heterocycles. The Labute approximate surface area is 158 Å². The Bertz CT molecular complexity index is 926. The maximum atomic E-state index is 12.6. The van der Waals surface area contributed by atoms with E-state index < -0.39 is 10.0 Å². The first-order valence-corrected chi connectivity index (χ1v) is 10.2. The van der Waals surface area contributed by atoms with Crippen molar-refractivity contribution in [1.29, 1.82) is 0 Å². The van der Waals surface area contributed by atoms with Crippen molar-refractivity contribution in [2.45, 2.75) is 18.7 Å². The molecule has 2 aromatic rings. The second-order valence-electron chi connectivity index (χ2n) is 5.95. The standard InChI is InChI=1S/C19H22N2O5S/c1-3-21-11-12-26-18-10-5-14(13-17(18)19(21)22)20-27(23,24)16-8-6-15(7-9-16)25-4-2/h5-10,13,20H,3-4,11-12H2,1-2H3. The van der Waals surface area contributed by atoms with Gasteiger partial charge in [-0.3, -0.25) is 9.52 Å². The van der Waals surface area contributed by atoms with E-state index in [4.69, 9.17) is 9.47 Å². The highest BCUT2D eigenvalue weighted by atomic mass is 32.2. The van der Waals surface area contributed by atoms with Crippen molar-refractivity contribution in [1.82, 2.24) is 4.90 Å². The molecule has 0 aliphatic carbocycles. The van der Waals surface area contributed by atoms with Crippen LogP contribution in [-0.4, -0.2) is 45.5 Å². The monoisotopic (exact) mass is 390 g/mol. The first-order valence-electron chi connectivity index (χ1n) is 8.76. The minimum atomic E-state index is -3.79. The number of hydrogen-bond acceptors (Lipinski definition) is 5. The quantitative estimate of drug-likeness (QED) is 0.820. The van der Waals surface area contributed by atoms with Crippen LogP contribution in [0.1, 0.15) is 24.2 Å². The second kappa shape index (κ2) is 7.87. The van der Waals surface area contributed by atoms with Crippen molar-refractivity contribution in [2.75, 3.05) is 31.0 Å². The molecule has 27 heavy (non-hydrogen) atoms. The largest absolute Gasteiger partial charge is 0.494 e. The Morgan fingerprint density at radius 2 is 1.89 bits per heavy atom. The molecule has 1 aliphatic heterocycles. The van der Waals surface area contributed by atoms with Crippen molar-refractivity contribution in [3.63, 3.8) is 0 Å². The molecule has 0 radical (unpaired) electrons. The van der Waals surface area contributed by atoms with Gasteiger partial charge in [0.15, 0.2) is 0 Å². The maximum absolute atomic E-state index is 12.6. The fourth-order valence-corrected chi connectivity index (χ4v) is 3.87. The fraction of sp³-hybridized carbons (Fsp3) is 0.316. The Morgan fingerprint density at radius 3 is 2.56 bits per heavy atom. The molecule has 144 valence electrons. The summed E-state index contributed by atoms with van der Waals surface area (Å²) in [4.78, 5) is 14.4. The van der Waals surface area contributed by atoms with Gasteiger partial charge in [0.25, 0.3) is 15.9 Å². The van der Waals surface area contributed by atoms with Crippen LogP contribution in [0, 0.1) is 0 Å². The molecule has 1 N–H and O–H groups in total. The summed E-state index contributed by atoms with van der Waals surface area (Å²) in [6, 6.07) is 10.9. The third kappa shape index (κ3) is 4.16. The maximum Gasteiger partial charge on any atom is 0.261 e. The van der Waals surface area contributed by atoms with Crippen LogP contribution in [0.2, 0.25) is 0 Å². The molecule has 3 rings (SSSR count). The van der Waals surface area contributed by atoms with Crippen molar-refractivity contribution in [2.24, 2.45) is 0 Å². The highest BCUT2D eigenvalue weighted by Crippen LogP contribution is 2.28. The number of carbonyl (C=O) groups excluding carboxylic acids is 1. The van der Waals surface area contributed by atoms with E-state index in [1.165, 1.54) is 18.2 Å². The van der Waals surface area contributed by atoms with Gasteiger partial charge in [-0.25, -0.2) is 8.42 Å². The number of fused-ring (bicyclic) bond motifs is 1. The van der Waals surface area contributed by atoms with Gasteiger partial charge in [0.2, 0.25) is 0 Å². The van der Waals surface area contributed by atoms with Crippen molar-refractivity contribution in [3.05, 3.63) is 48.0 Å². The third-order valence-electron chi connectivity index (χ3n) is 4.19. The molecule has 0 atom stereocenters. The summed E-state index contributed by atoms with van der Waals surface area (Å²) in [5.74, 6) is 0.885. The van der Waals surface area contributed by atoms with Crippen LogP contribution in [0.5, 0.6) is 11.5 Å². The zero-order valence-electron chi connectivity index (χ0n) is 15.3. The van der Waals surface area contributed by atoms with Crippen molar-refractivity contribution in [3.8, 4) is 11.5 Å². The number of ether oxygens (including phenoxy) is 2. The summed E-state index contributed by atoms with van der Waals surface area (Å²) < 4.78 is 38.7. The normalized spacial score (nSPS) is 14.1. The Kier molecular flexibility index (Phi) is 5.55. The summed E-state index contributed by atoms with van der Waals surface area (Å²) in [6.07, 6.45) is 0. The van der Waals surface area contributed by atoms with E-state index in [1.54, 1.807) is 29.2 Å². The molecule has 1 aliphatic rings. The molecule has 0 fully saturated rings. The summed E-state index contributed by atoms with van der Waals surface area (Å²) in [6.45, 7) is 5.71. The predicted molar refractivity (Wildman–Crippen MR) is 102 cm³/mol. The molecule has 7 nitrogen and oxygen atoms in total. The van der Waals surface area contributed by atoms with Gasteiger partial charge in [-0.1, -0.05) is 0 Å². The molecule has 1 amide bonds. The van der Waals surface area contributed by atoms with Crippen LogP contribution in [0.4, 0.5) is 5.69 Å². The second-order valence-corrected chi connectivity index (χ2v) is 7.64. The molecule has 0 saturated heterocycles. The number of anilines is 1. The molecule has 0 spiro atoms. The predicted octanol–water partition coefficient (Wildman–Crippen LogP) is 2.74. The first kappa shape index (κ1) is 19.0. The number of hydrogen-bond donors (Lipinski definition) is 1. The van der Waals surface area contributed by atoms with Crippen LogP contribution in [0.25, 0.3) is 0 Å². The lowest BCUT2D eigenvalue weighted by Crippen LogP contribution is -2.32. The molecular weight excluding hydrogens is 368 g/mol. The van der Waals surface area contributed by atoms with E-state index in [2.05, 4.69) is 4.72 Å². The lowest BCUT2D eigenvalue weighted by molar-refractivity contribution is 0.0765. The molecule has 0 bridgehead atoms. The third-order valence-corrected chi connectivity index (χ3v) is 5.59. The van der Waals surface area contributed by atoms with Gasteiger partial charge < -0.3 is 14.4 Å². The summed E-state index contributed by atoms with van der Waals surface area (Å²) >= 11 is 0. The number of sulfonamides is 1. The lowest BCUT2D eigenvalue weighted by atomic mass is 10.1. The summed E-state index contributed by atoms with van der Waals surface area (Å²) in [5, 5.41) is 0. The topological polar surface area (TPSA) is 84.9 Å². The Hall–Kier alpha value is -2.74. The van der Waals surface area contributed by atoms with Gasteiger partial charge in [0.05, 0.1) is 23.6 Å². The van der Waals surface area contributed by atoms with Gasteiger partial charge in [-0.2, -0.15) is 0 Å². The number of likely N-dealkylation sites (N-methyl/N-ethyl adjacent to an activating group) is 1. The minimum Gasteiger partial charge on any atom is -0.494 e. The van der Waals surface area contributed by atoms with Crippen molar-refractivity contribution < 1.29 is 22.7 Å². The number of nitrogens with zero attached hydrogens (tertiary/aromatic N) is 1. The molecule has 2 aromatic carbocycles. The molecule has 0 aromatic heterocycles. The van der Waals surface area contributed by atoms with Crippen LogP contribution in [0.15, 0.2) is 47.4 Å². The zero-order valence-corrected chi connectivity index (χ0v) is 16.1. The van der Waals surface area contributed by atoms with Crippen molar-refractivity contribution >= 4 is 21.6 Å². The van der Waals surface area contributed by atoms with E-state index in [0.717, 1.165) is 0 Å². The Balaban J connectivity index is 1.86. The average molecular weight is 390 g/mol. The van der Waals surface area contributed by atoms with Gasteiger partial charge in [-0.15, -0.1) is 0 Å². The van der Waals surface area contributed by atoms with Gasteiger partial charge in [-0.05, 0) is 56.3 Å². The molecule has 0 saturated carbocycles. The van der Waals surface area contributed by atoms with E-state index in [1.807, 2.05) is 13.8 Å². The van der Waals surface area contributed by atoms with Crippen LogP contribution >= 0.6 is 0 Å². The fourth-order valence-electron chi connectivity index (χ4n) is 2.82. The molecule has 0 unspecified atom stereocenters. The number of carbonyl (C=O) groups is 1. The zero-order chi connectivity index (χ0) is 19.4.